The van der Waals surface area contributed by atoms with Gasteiger partial charge in [-0.25, -0.2) is 0 Å². The van der Waals surface area contributed by atoms with Crippen LogP contribution in [0.3, 0.4) is 0 Å². The molecule has 0 aliphatic carbocycles. The Hall–Kier alpha value is -1.60. The summed E-state index contributed by atoms with van der Waals surface area (Å²) in [6, 6.07) is 5.07. The minimum atomic E-state index is -4.34. The first-order valence-corrected chi connectivity index (χ1v) is 9.02. The largest absolute Gasteiger partial charge is 0.416 e. The van der Waals surface area contributed by atoms with Crippen LogP contribution in [0.2, 0.25) is 0 Å². The van der Waals surface area contributed by atoms with Crippen molar-refractivity contribution in [2.75, 3.05) is 26.3 Å². The van der Waals surface area contributed by atoms with E-state index in [4.69, 9.17) is 9.47 Å². The van der Waals surface area contributed by atoms with Crippen LogP contribution in [0.25, 0.3) is 0 Å². The van der Waals surface area contributed by atoms with Crippen molar-refractivity contribution >= 4 is 5.91 Å². The molecule has 1 atom stereocenters. The first-order chi connectivity index (χ1) is 12.3. The van der Waals surface area contributed by atoms with E-state index in [1.807, 2.05) is 11.8 Å². The maximum Gasteiger partial charge on any atom is 0.416 e. The van der Waals surface area contributed by atoms with Gasteiger partial charge in [0, 0.05) is 25.4 Å². The maximum atomic E-state index is 12.6. The lowest BCUT2D eigenvalue weighted by Gasteiger charge is -2.34. The number of hydrogen-bond donors (Lipinski definition) is 0. The average Bonchev–Trinajstić information content (AvgIpc) is 3.16. The zero-order valence-corrected chi connectivity index (χ0v) is 14.8. The van der Waals surface area contributed by atoms with Gasteiger partial charge in [-0.05, 0) is 36.5 Å². The molecule has 0 saturated carbocycles. The average molecular weight is 371 g/mol. The molecule has 1 unspecified atom stereocenters. The minimum absolute atomic E-state index is 0.0455. The number of rotatable bonds is 4. The summed E-state index contributed by atoms with van der Waals surface area (Å²) in [5.41, 5.74) is 0.0761. The van der Waals surface area contributed by atoms with Crippen molar-refractivity contribution in [1.29, 1.82) is 0 Å². The van der Waals surface area contributed by atoms with Gasteiger partial charge in [-0.3, -0.25) is 4.79 Å². The van der Waals surface area contributed by atoms with E-state index in [9.17, 15) is 18.0 Å². The van der Waals surface area contributed by atoms with Crippen LogP contribution in [-0.4, -0.2) is 43.4 Å². The summed E-state index contributed by atoms with van der Waals surface area (Å²) in [7, 11) is 0. The lowest BCUT2D eigenvalue weighted by molar-refractivity contribution is -0.138. The number of hydrogen-bond acceptors (Lipinski definition) is 3. The lowest BCUT2D eigenvalue weighted by atomic mass is 9.93. The molecule has 144 valence electrons. The monoisotopic (exact) mass is 371 g/mol. The maximum absolute atomic E-state index is 12.6. The third-order valence-electron chi connectivity index (χ3n) is 5.21. The third kappa shape index (κ3) is 4.57. The van der Waals surface area contributed by atoms with Crippen LogP contribution in [0.1, 0.15) is 43.2 Å². The highest BCUT2D eigenvalue weighted by Gasteiger charge is 2.32. The molecule has 3 rings (SSSR count). The summed E-state index contributed by atoms with van der Waals surface area (Å²) >= 11 is 0. The Bertz CT molecular complexity index is 603. The van der Waals surface area contributed by atoms with Crippen molar-refractivity contribution in [3.05, 3.63) is 35.4 Å². The molecule has 2 aliphatic heterocycles. The highest BCUT2D eigenvalue weighted by molar-refractivity contribution is 5.77. The molecular weight excluding hydrogens is 347 g/mol. The van der Waals surface area contributed by atoms with Crippen LogP contribution in [0.4, 0.5) is 13.2 Å². The second-order valence-corrected chi connectivity index (χ2v) is 7.05. The number of amides is 1. The molecule has 4 nitrogen and oxygen atoms in total. The fourth-order valence-electron chi connectivity index (χ4n) is 3.58. The smallest absolute Gasteiger partial charge is 0.350 e. The molecule has 1 aromatic carbocycles. The van der Waals surface area contributed by atoms with Crippen molar-refractivity contribution in [2.24, 2.45) is 5.92 Å². The molecule has 0 N–H and O–H groups in total. The van der Waals surface area contributed by atoms with Gasteiger partial charge >= 0.3 is 6.18 Å². The van der Waals surface area contributed by atoms with Crippen LogP contribution < -0.4 is 0 Å². The predicted molar refractivity (Wildman–Crippen MR) is 89.5 cm³/mol. The molecular formula is C19H24F3NO3. The lowest BCUT2D eigenvalue weighted by Crippen LogP contribution is -2.41. The summed E-state index contributed by atoms with van der Waals surface area (Å²) in [4.78, 5) is 14.4. The summed E-state index contributed by atoms with van der Waals surface area (Å²) in [6.45, 7) is 4.48. The Balaban J connectivity index is 1.50. The Morgan fingerprint density at radius 2 is 1.73 bits per heavy atom. The van der Waals surface area contributed by atoms with E-state index < -0.39 is 11.7 Å². The number of halogens is 3. The van der Waals surface area contributed by atoms with Gasteiger partial charge in [-0.15, -0.1) is 0 Å². The molecule has 0 radical (unpaired) electrons. The summed E-state index contributed by atoms with van der Waals surface area (Å²) < 4.78 is 49.0. The zero-order valence-electron chi connectivity index (χ0n) is 14.8. The Labute approximate surface area is 151 Å². The second kappa shape index (κ2) is 7.96. The zero-order chi connectivity index (χ0) is 18.7. The SMILES string of the molecule is CC(CC(=O)N1CCC(C2OCCO2)CC1)c1ccc(C(F)(F)F)cc1. The van der Waals surface area contributed by atoms with E-state index in [0.29, 0.717) is 38.6 Å². The van der Waals surface area contributed by atoms with Gasteiger partial charge in [0.25, 0.3) is 0 Å². The number of carbonyl (C=O) groups excluding carboxylic acids is 1. The van der Waals surface area contributed by atoms with Crippen molar-refractivity contribution < 1.29 is 27.4 Å². The predicted octanol–water partition coefficient (Wildman–Crippen LogP) is 3.81. The van der Waals surface area contributed by atoms with Gasteiger partial charge in [0.2, 0.25) is 5.91 Å². The van der Waals surface area contributed by atoms with Crippen LogP contribution in [0.5, 0.6) is 0 Å². The van der Waals surface area contributed by atoms with E-state index in [0.717, 1.165) is 30.5 Å². The number of likely N-dealkylation sites (tertiary alicyclic amines) is 1. The molecule has 2 fully saturated rings. The number of nitrogens with zero attached hydrogens (tertiary/aromatic N) is 1. The summed E-state index contributed by atoms with van der Waals surface area (Å²) in [6.07, 6.45) is -2.48. The Morgan fingerprint density at radius 3 is 2.27 bits per heavy atom. The first kappa shape index (κ1) is 19.2. The number of alkyl halides is 3. The molecule has 26 heavy (non-hydrogen) atoms. The van der Waals surface area contributed by atoms with Gasteiger partial charge in [0.15, 0.2) is 6.29 Å². The van der Waals surface area contributed by atoms with Gasteiger partial charge in [0.05, 0.1) is 18.8 Å². The van der Waals surface area contributed by atoms with Crippen LogP contribution in [0.15, 0.2) is 24.3 Å². The molecule has 0 bridgehead atoms. The number of benzene rings is 1. The minimum Gasteiger partial charge on any atom is -0.350 e. The quantitative estimate of drug-likeness (QED) is 0.808. The van der Waals surface area contributed by atoms with Crippen molar-refractivity contribution in [3.8, 4) is 0 Å². The normalized spacial score (nSPS) is 21.2. The van der Waals surface area contributed by atoms with Crippen LogP contribution in [-0.2, 0) is 20.4 Å². The van der Waals surface area contributed by atoms with Gasteiger partial charge in [-0.2, -0.15) is 13.2 Å². The van der Waals surface area contributed by atoms with Crippen LogP contribution >= 0.6 is 0 Å². The molecule has 0 aromatic heterocycles. The molecule has 7 heteroatoms. The van der Waals surface area contributed by atoms with Crippen molar-refractivity contribution in [1.82, 2.24) is 4.90 Å². The second-order valence-electron chi connectivity index (χ2n) is 7.05. The van der Waals surface area contributed by atoms with E-state index in [1.54, 1.807) is 0 Å². The molecule has 1 aromatic rings. The standard InChI is InChI=1S/C19H24F3NO3/c1-13(14-2-4-16(5-3-14)19(20,21)22)12-17(24)23-8-6-15(7-9-23)18-25-10-11-26-18/h2-5,13,15,18H,6-12H2,1H3. The van der Waals surface area contributed by atoms with E-state index >= 15 is 0 Å². The molecule has 1 amide bonds. The first-order valence-electron chi connectivity index (χ1n) is 9.02. The molecule has 2 heterocycles. The summed E-state index contributed by atoms with van der Waals surface area (Å²) in [5.74, 6) is 0.252. The fourth-order valence-corrected chi connectivity index (χ4v) is 3.58. The highest BCUT2D eigenvalue weighted by atomic mass is 19.4. The number of piperidine rings is 1. The topological polar surface area (TPSA) is 38.8 Å². The van der Waals surface area contributed by atoms with Crippen molar-refractivity contribution in [2.45, 2.75) is 44.6 Å². The van der Waals surface area contributed by atoms with E-state index in [1.165, 1.54) is 12.1 Å². The van der Waals surface area contributed by atoms with Gasteiger partial charge in [0.1, 0.15) is 0 Å². The van der Waals surface area contributed by atoms with Crippen molar-refractivity contribution in [3.63, 3.8) is 0 Å². The van der Waals surface area contributed by atoms with E-state index in [-0.39, 0.29) is 18.1 Å². The molecule has 2 saturated heterocycles. The van der Waals surface area contributed by atoms with Gasteiger partial charge in [-0.1, -0.05) is 19.1 Å². The Morgan fingerprint density at radius 1 is 1.15 bits per heavy atom. The molecule has 2 aliphatic rings. The third-order valence-corrected chi connectivity index (χ3v) is 5.21. The van der Waals surface area contributed by atoms with Gasteiger partial charge < -0.3 is 14.4 Å². The number of ether oxygens (including phenoxy) is 2. The van der Waals surface area contributed by atoms with Crippen LogP contribution in [0, 0.1) is 5.92 Å². The fraction of sp³-hybridized carbons (Fsp3) is 0.632. The Kier molecular flexibility index (Phi) is 5.87. The number of carbonyl (C=O) groups is 1. The summed E-state index contributed by atoms with van der Waals surface area (Å²) in [5, 5.41) is 0. The van der Waals surface area contributed by atoms with E-state index in [2.05, 4.69) is 0 Å². The highest BCUT2D eigenvalue weighted by Crippen LogP contribution is 2.31. The molecule has 0 spiro atoms.